The van der Waals surface area contributed by atoms with Crippen LogP contribution in [0.5, 0.6) is 0 Å². The molecule has 0 aliphatic rings. The van der Waals surface area contributed by atoms with E-state index < -0.39 is 0 Å². The smallest absolute Gasteiger partial charge is 0.108 e. The van der Waals surface area contributed by atoms with Gasteiger partial charge < -0.3 is 0 Å². The zero-order chi connectivity index (χ0) is 10.7. The van der Waals surface area contributed by atoms with E-state index in [0.29, 0.717) is 5.88 Å². The molecule has 0 atom stereocenters. The summed E-state index contributed by atoms with van der Waals surface area (Å²) in [6.07, 6.45) is 2.07. The van der Waals surface area contributed by atoms with Crippen LogP contribution in [0.1, 0.15) is 5.01 Å². The molecular weight excluding hydrogens is 246 g/mol. The Labute approximate surface area is 103 Å². The van der Waals surface area contributed by atoms with E-state index in [-0.39, 0.29) is 0 Å². The number of thioether (sulfide) groups is 1. The van der Waals surface area contributed by atoms with E-state index in [9.17, 15) is 0 Å². The third-order valence-electron chi connectivity index (χ3n) is 2.05. The van der Waals surface area contributed by atoms with Crippen LogP contribution in [0.2, 0.25) is 0 Å². The highest BCUT2D eigenvalue weighted by atomic mass is 35.5. The highest BCUT2D eigenvalue weighted by molar-refractivity contribution is 7.98. The third-order valence-corrected chi connectivity index (χ3v) is 4.06. The van der Waals surface area contributed by atoms with Crippen molar-refractivity contribution < 1.29 is 0 Å². The van der Waals surface area contributed by atoms with Crippen molar-refractivity contribution in [2.45, 2.75) is 10.8 Å². The highest BCUT2D eigenvalue weighted by Crippen LogP contribution is 2.24. The van der Waals surface area contributed by atoms with Gasteiger partial charge in [-0.15, -0.1) is 34.7 Å². The van der Waals surface area contributed by atoms with E-state index in [1.807, 2.05) is 5.38 Å². The fourth-order valence-electron chi connectivity index (χ4n) is 1.27. The molecule has 1 aromatic carbocycles. The molecule has 0 radical (unpaired) electrons. The molecule has 0 fully saturated rings. The monoisotopic (exact) mass is 255 g/mol. The number of rotatable bonds is 3. The van der Waals surface area contributed by atoms with E-state index >= 15 is 0 Å². The predicted octanol–water partition coefficient (Wildman–Crippen LogP) is 4.27. The van der Waals surface area contributed by atoms with Crippen molar-refractivity contribution in [2.75, 3.05) is 6.26 Å². The summed E-state index contributed by atoms with van der Waals surface area (Å²) >= 11 is 9.07. The zero-order valence-corrected chi connectivity index (χ0v) is 10.6. The Bertz CT molecular complexity index is 436. The van der Waals surface area contributed by atoms with Crippen LogP contribution in [-0.4, -0.2) is 11.2 Å². The van der Waals surface area contributed by atoms with Gasteiger partial charge in [0.05, 0.1) is 11.6 Å². The quantitative estimate of drug-likeness (QED) is 0.600. The average Bonchev–Trinajstić information content (AvgIpc) is 2.78. The Balaban J connectivity index is 2.28. The van der Waals surface area contributed by atoms with Crippen molar-refractivity contribution in [3.05, 3.63) is 34.7 Å². The summed E-state index contributed by atoms with van der Waals surface area (Å²) in [7, 11) is 0. The molecular formula is C11H10ClNS2. The molecule has 0 N–H and O–H groups in total. The van der Waals surface area contributed by atoms with Gasteiger partial charge in [-0.1, -0.05) is 12.1 Å². The van der Waals surface area contributed by atoms with Gasteiger partial charge in [0.15, 0.2) is 0 Å². The Hall–Kier alpha value is -0.510. The number of halogens is 1. The van der Waals surface area contributed by atoms with Gasteiger partial charge in [-0.2, -0.15) is 0 Å². The molecule has 0 saturated heterocycles. The van der Waals surface area contributed by atoms with Crippen LogP contribution in [0, 0.1) is 0 Å². The van der Waals surface area contributed by atoms with Gasteiger partial charge in [-0.3, -0.25) is 0 Å². The van der Waals surface area contributed by atoms with Crippen molar-refractivity contribution in [1.82, 2.24) is 4.98 Å². The summed E-state index contributed by atoms with van der Waals surface area (Å²) < 4.78 is 0. The van der Waals surface area contributed by atoms with Gasteiger partial charge in [0.1, 0.15) is 5.01 Å². The predicted molar refractivity (Wildman–Crippen MR) is 68.9 cm³/mol. The summed E-state index contributed by atoms with van der Waals surface area (Å²) in [5.74, 6) is 0.494. The lowest BCUT2D eigenvalue weighted by atomic mass is 10.2. The molecule has 2 rings (SSSR count). The number of hydrogen-bond acceptors (Lipinski definition) is 3. The lowest BCUT2D eigenvalue weighted by Gasteiger charge is -1.98. The van der Waals surface area contributed by atoms with E-state index in [2.05, 4.69) is 35.5 Å². The summed E-state index contributed by atoms with van der Waals surface area (Å²) in [6.45, 7) is 0. The van der Waals surface area contributed by atoms with E-state index in [1.165, 1.54) is 4.90 Å². The topological polar surface area (TPSA) is 12.9 Å². The minimum atomic E-state index is 0.494. The van der Waals surface area contributed by atoms with Crippen LogP contribution < -0.4 is 0 Å². The molecule has 1 nitrogen and oxygen atoms in total. The second-order valence-corrected chi connectivity index (χ2v) is 5.08. The normalized spacial score (nSPS) is 10.5. The van der Waals surface area contributed by atoms with Gasteiger partial charge in [-0.05, 0) is 18.4 Å². The minimum Gasteiger partial charge on any atom is -0.240 e. The maximum absolute atomic E-state index is 5.72. The van der Waals surface area contributed by atoms with Gasteiger partial charge in [-0.25, -0.2) is 4.98 Å². The largest absolute Gasteiger partial charge is 0.240 e. The molecule has 4 heteroatoms. The molecule has 0 unspecified atom stereocenters. The van der Waals surface area contributed by atoms with Crippen LogP contribution in [0.15, 0.2) is 34.5 Å². The van der Waals surface area contributed by atoms with Gasteiger partial charge in [0.2, 0.25) is 0 Å². The molecule has 0 spiro atoms. The maximum Gasteiger partial charge on any atom is 0.108 e. The van der Waals surface area contributed by atoms with Crippen molar-refractivity contribution >= 4 is 34.7 Å². The Morgan fingerprint density at radius 1 is 1.33 bits per heavy atom. The first-order valence-electron chi connectivity index (χ1n) is 4.48. The standard InChI is InChI=1S/C11H10ClNS2/c1-14-9-4-2-8(3-5-9)10-7-15-11(6-12)13-10/h2-5,7H,6H2,1H3. The number of hydrogen-bond donors (Lipinski definition) is 0. The van der Waals surface area contributed by atoms with Crippen molar-refractivity contribution in [1.29, 1.82) is 0 Å². The summed E-state index contributed by atoms with van der Waals surface area (Å²) in [6, 6.07) is 8.41. The molecule has 0 aliphatic heterocycles. The van der Waals surface area contributed by atoms with Crippen LogP contribution in [-0.2, 0) is 5.88 Å². The fourth-order valence-corrected chi connectivity index (χ4v) is 2.57. The van der Waals surface area contributed by atoms with Crippen molar-refractivity contribution in [3.8, 4) is 11.3 Å². The first kappa shape index (κ1) is 11.0. The molecule has 1 heterocycles. The van der Waals surface area contributed by atoms with Crippen LogP contribution in [0.3, 0.4) is 0 Å². The fraction of sp³-hybridized carbons (Fsp3) is 0.182. The van der Waals surface area contributed by atoms with Gasteiger partial charge in [0, 0.05) is 15.8 Å². The molecule has 2 aromatic rings. The number of aromatic nitrogens is 1. The first-order chi connectivity index (χ1) is 7.33. The first-order valence-corrected chi connectivity index (χ1v) is 7.12. The molecule has 15 heavy (non-hydrogen) atoms. The highest BCUT2D eigenvalue weighted by Gasteiger charge is 2.03. The van der Waals surface area contributed by atoms with Gasteiger partial charge in [0.25, 0.3) is 0 Å². The Morgan fingerprint density at radius 3 is 2.60 bits per heavy atom. The summed E-state index contributed by atoms with van der Waals surface area (Å²) in [5.41, 5.74) is 2.17. The molecule has 0 bridgehead atoms. The minimum absolute atomic E-state index is 0.494. The lowest BCUT2D eigenvalue weighted by Crippen LogP contribution is -1.79. The van der Waals surface area contributed by atoms with Crippen LogP contribution in [0.25, 0.3) is 11.3 Å². The van der Waals surface area contributed by atoms with Crippen molar-refractivity contribution in [2.24, 2.45) is 0 Å². The lowest BCUT2D eigenvalue weighted by molar-refractivity contribution is 1.26. The average molecular weight is 256 g/mol. The summed E-state index contributed by atoms with van der Waals surface area (Å²) in [5, 5.41) is 3.02. The van der Waals surface area contributed by atoms with Gasteiger partial charge >= 0.3 is 0 Å². The van der Waals surface area contributed by atoms with E-state index in [1.54, 1.807) is 23.1 Å². The van der Waals surface area contributed by atoms with Crippen LogP contribution in [0.4, 0.5) is 0 Å². The Morgan fingerprint density at radius 2 is 2.07 bits per heavy atom. The Kier molecular flexibility index (Phi) is 3.67. The number of thiazole rings is 1. The van der Waals surface area contributed by atoms with E-state index in [4.69, 9.17) is 11.6 Å². The number of benzene rings is 1. The number of alkyl halides is 1. The molecule has 0 aliphatic carbocycles. The third kappa shape index (κ3) is 2.54. The SMILES string of the molecule is CSc1ccc(-c2csc(CCl)n2)cc1. The number of nitrogens with zero attached hydrogens (tertiary/aromatic N) is 1. The van der Waals surface area contributed by atoms with E-state index in [0.717, 1.165) is 16.3 Å². The summed E-state index contributed by atoms with van der Waals surface area (Å²) in [4.78, 5) is 5.70. The second kappa shape index (κ2) is 5.01. The van der Waals surface area contributed by atoms with Crippen LogP contribution >= 0.6 is 34.7 Å². The molecule has 0 saturated carbocycles. The molecule has 0 amide bonds. The maximum atomic E-state index is 5.72. The zero-order valence-electron chi connectivity index (χ0n) is 8.24. The molecule has 78 valence electrons. The van der Waals surface area contributed by atoms with Crippen molar-refractivity contribution in [3.63, 3.8) is 0 Å². The second-order valence-electron chi connectivity index (χ2n) is 2.99. The molecule has 1 aromatic heterocycles.